The average molecular weight is 248 g/mol. The summed E-state index contributed by atoms with van der Waals surface area (Å²) in [5, 5.41) is 7.61. The summed E-state index contributed by atoms with van der Waals surface area (Å²) in [5.74, 6) is 4.05. The molecule has 5 nitrogen and oxygen atoms in total. The van der Waals surface area contributed by atoms with Crippen molar-refractivity contribution in [2.24, 2.45) is 11.8 Å². The highest BCUT2D eigenvalue weighted by molar-refractivity contribution is 5.16. The van der Waals surface area contributed by atoms with Crippen LogP contribution >= 0.6 is 0 Å². The van der Waals surface area contributed by atoms with Gasteiger partial charge in [0.2, 0.25) is 5.89 Å². The molecule has 0 aromatic carbocycles. The quantitative estimate of drug-likeness (QED) is 0.851. The SMILES string of the molecule is CN1CCNCC1c1noc(C2C3CCCC32)n1. The second-order valence-corrected chi connectivity index (χ2v) is 5.98. The lowest BCUT2D eigenvalue weighted by Gasteiger charge is -2.30. The van der Waals surface area contributed by atoms with Gasteiger partial charge in [-0.2, -0.15) is 4.98 Å². The van der Waals surface area contributed by atoms with Crippen LogP contribution in [0.2, 0.25) is 0 Å². The van der Waals surface area contributed by atoms with Crippen LogP contribution in [-0.2, 0) is 0 Å². The van der Waals surface area contributed by atoms with Gasteiger partial charge in [0.25, 0.3) is 0 Å². The maximum atomic E-state index is 5.51. The molecule has 2 aliphatic carbocycles. The third-order valence-corrected chi connectivity index (χ3v) is 4.96. The molecule has 1 aromatic rings. The van der Waals surface area contributed by atoms with Gasteiger partial charge < -0.3 is 9.84 Å². The lowest BCUT2D eigenvalue weighted by molar-refractivity contribution is 0.190. The van der Waals surface area contributed by atoms with Crippen molar-refractivity contribution < 1.29 is 4.52 Å². The standard InChI is InChI=1S/C13H20N4O/c1-17-6-5-14-7-10(17)12-15-13(18-16-12)11-8-3-2-4-9(8)11/h8-11,14H,2-7H2,1H3. The van der Waals surface area contributed by atoms with E-state index < -0.39 is 0 Å². The van der Waals surface area contributed by atoms with E-state index in [2.05, 4.69) is 27.4 Å². The van der Waals surface area contributed by atoms with Crippen molar-refractivity contribution in [3.63, 3.8) is 0 Å². The van der Waals surface area contributed by atoms with E-state index >= 15 is 0 Å². The molecule has 3 aliphatic rings. The maximum Gasteiger partial charge on any atom is 0.230 e. The van der Waals surface area contributed by atoms with Crippen LogP contribution in [-0.4, -0.2) is 41.7 Å². The first-order chi connectivity index (χ1) is 8.84. The van der Waals surface area contributed by atoms with Gasteiger partial charge in [0.05, 0.1) is 6.04 Å². The third-order valence-electron chi connectivity index (χ3n) is 4.96. The molecule has 3 atom stereocenters. The number of rotatable bonds is 2. The van der Waals surface area contributed by atoms with Crippen molar-refractivity contribution in [1.82, 2.24) is 20.4 Å². The van der Waals surface area contributed by atoms with Crippen molar-refractivity contribution >= 4 is 0 Å². The van der Waals surface area contributed by atoms with Crippen LogP contribution in [0.5, 0.6) is 0 Å². The van der Waals surface area contributed by atoms with Crippen LogP contribution < -0.4 is 5.32 Å². The minimum atomic E-state index is 0.273. The predicted molar refractivity (Wildman–Crippen MR) is 66.1 cm³/mol. The monoisotopic (exact) mass is 248 g/mol. The second kappa shape index (κ2) is 4.03. The summed E-state index contributed by atoms with van der Waals surface area (Å²) in [6.45, 7) is 3.01. The van der Waals surface area contributed by atoms with Crippen molar-refractivity contribution in [1.29, 1.82) is 0 Å². The maximum absolute atomic E-state index is 5.51. The number of piperazine rings is 1. The Morgan fingerprint density at radius 2 is 2.17 bits per heavy atom. The lowest BCUT2D eigenvalue weighted by Crippen LogP contribution is -2.44. The molecule has 0 bridgehead atoms. The van der Waals surface area contributed by atoms with Gasteiger partial charge in [-0.15, -0.1) is 0 Å². The fourth-order valence-corrected chi connectivity index (χ4v) is 3.80. The summed E-state index contributed by atoms with van der Waals surface area (Å²) in [4.78, 5) is 6.97. The van der Waals surface area contributed by atoms with Crippen LogP contribution in [0.25, 0.3) is 0 Å². The number of hydrogen-bond acceptors (Lipinski definition) is 5. The topological polar surface area (TPSA) is 54.2 Å². The van der Waals surface area contributed by atoms with Crippen LogP contribution in [0.1, 0.15) is 42.9 Å². The molecule has 18 heavy (non-hydrogen) atoms. The molecule has 0 amide bonds. The number of fused-ring (bicyclic) bond motifs is 1. The van der Waals surface area contributed by atoms with E-state index in [1.54, 1.807) is 0 Å². The fraction of sp³-hybridized carbons (Fsp3) is 0.846. The Kier molecular flexibility index (Phi) is 2.45. The number of hydrogen-bond donors (Lipinski definition) is 1. The van der Waals surface area contributed by atoms with E-state index in [9.17, 15) is 0 Å². The zero-order chi connectivity index (χ0) is 12.1. The van der Waals surface area contributed by atoms with Crippen molar-refractivity contribution in [2.45, 2.75) is 31.2 Å². The van der Waals surface area contributed by atoms with E-state index in [0.717, 1.165) is 43.2 Å². The summed E-state index contributed by atoms with van der Waals surface area (Å²) in [6.07, 6.45) is 4.11. The Morgan fingerprint density at radius 3 is 2.94 bits per heavy atom. The molecule has 1 saturated heterocycles. The third kappa shape index (κ3) is 1.61. The van der Waals surface area contributed by atoms with Gasteiger partial charge in [0, 0.05) is 25.6 Å². The van der Waals surface area contributed by atoms with Crippen molar-refractivity contribution in [2.75, 3.05) is 26.7 Å². The van der Waals surface area contributed by atoms with Gasteiger partial charge in [-0.05, 0) is 31.7 Å². The molecule has 2 heterocycles. The minimum absolute atomic E-state index is 0.273. The van der Waals surface area contributed by atoms with E-state index in [1.165, 1.54) is 19.3 Å². The first-order valence-corrected chi connectivity index (χ1v) is 7.09. The Bertz CT molecular complexity index is 436. The van der Waals surface area contributed by atoms with Crippen LogP contribution in [0.4, 0.5) is 0 Å². The number of nitrogens with one attached hydrogen (secondary N) is 1. The predicted octanol–water partition coefficient (Wildman–Crippen LogP) is 1.16. The zero-order valence-electron chi connectivity index (χ0n) is 10.8. The Balaban J connectivity index is 1.51. The smallest absolute Gasteiger partial charge is 0.230 e. The van der Waals surface area contributed by atoms with E-state index in [1.807, 2.05) is 0 Å². The van der Waals surface area contributed by atoms with Gasteiger partial charge in [0.1, 0.15) is 0 Å². The fourth-order valence-electron chi connectivity index (χ4n) is 3.80. The molecule has 4 rings (SSSR count). The molecule has 2 saturated carbocycles. The molecule has 1 aromatic heterocycles. The molecule has 1 N–H and O–H groups in total. The highest BCUT2D eigenvalue weighted by atomic mass is 16.5. The molecule has 0 spiro atoms. The van der Waals surface area contributed by atoms with Crippen LogP contribution in [0.3, 0.4) is 0 Å². The molecule has 3 fully saturated rings. The first kappa shape index (κ1) is 10.9. The van der Waals surface area contributed by atoms with E-state index in [-0.39, 0.29) is 6.04 Å². The Morgan fingerprint density at radius 1 is 1.33 bits per heavy atom. The van der Waals surface area contributed by atoms with Gasteiger partial charge in [0.15, 0.2) is 5.82 Å². The molecule has 5 heteroatoms. The number of nitrogens with zero attached hydrogens (tertiary/aromatic N) is 3. The molecular weight excluding hydrogens is 228 g/mol. The highest BCUT2D eigenvalue weighted by Gasteiger charge is 2.56. The van der Waals surface area contributed by atoms with Crippen molar-refractivity contribution in [3.05, 3.63) is 11.7 Å². The molecule has 3 unspecified atom stereocenters. The first-order valence-electron chi connectivity index (χ1n) is 7.09. The minimum Gasteiger partial charge on any atom is -0.339 e. The van der Waals surface area contributed by atoms with Gasteiger partial charge in [-0.1, -0.05) is 11.6 Å². The summed E-state index contributed by atoms with van der Waals surface area (Å²) in [6, 6.07) is 0.273. The van der Waals surface area contributed by atoms with E-state index in [4.69, 9.17) is 4.52 Å². The van der Waals surface area contributed by atoms with Gasteiger partial charge in [-0.25, -0.2) is 0 Å². The van der Waals surface area contributed by atoms with Crippen LogP contribution in [0.15, 0.2) is 4.52 Å². The molecular formula is C13H20N4O. The zero-order valence-corrected chi connectivity index (χ0v) is 10.8. The normalized spacial score (nSPS) is 39.8. The van der Waals surface area contributed by atoms with Crippen molar-refractivity contribution in [3.8, 4) is 0 Å². The van der Waals surface area contributed by atoms with Crippen LogP contribution in [0, 0.1) is 11.8 Å². The average Bonchev–Trinajstić information content (AvgIpc) is 2.82. The summed E-state index contributed by atoms with van der Waals surface area (Å²) in [7, 11) is 2.13. The number of likely N-dealkylation sites (N-methyl/N-ethyl adjacent to an activating group) is 1. The van der Waals surface area contributed by atoms with Gasteiger partial charge in [-0.3, -0.25) is 4.90 Å². The summed E-state index contributed by atoms with van der Waals surface area (Å²) < 4.78 is 5.51. The molecule has 98 valence electrons. The summed E-state index contributed by atoms with van der Waals surface area (Å²) >= 11 is 0. The highest BCUT2D eigenvalue weighted by Crippen LogP contribution is 2.62. The second-order valence-electron chi connectivity index (χ2n) is 5.98. The Labute approximate surface area is 107 Å². The largest absolute Gasteiger partial charge is 0.339 e. The van der Waals surface area contributed by atoms with E-state index in [0.29, 0.717) is 5.92 Å². The lowest BCUT2D eigenvalue weighted by atomic mass is 10.1. The Hall–Kier alpha value is -0.940. The molecule has 1 aliphatic heterocycles. The van der Waals surface area contributed by atoms with Gasteiger partial charge >= 0.3 is 0 Å². The molecule has 0 radical (unpaired) electrons. The number of aromatic nitrogens is 2. The summed E-state index contributed by atoms with van der Waals surface area (Å²) in [5.41, 5.74) is 0.